The summed E-state index contributed by atoms with van der Waals surface area (Å²) in [6.45, 7) is 5.60. The third kappa shape index (κ3) is 6.74. The normalized spacial score (nSPS) is 18.3. The van der Waals surface area contributed by atoms with Crippen molar-refractivity contribution in [1.82, 2.24) is 10.2 Å². The van der Waals surface area contributed by atoms with Gasteiger partial charge < -0.3 is 20.3 Å². The molecular formula is C25H33N3O3. The Bertz CT molecular complexity index is 829. The van der Waals surface area contributed by atoms with Crippen molar-refractivity contribution < 1.29 is 14.3 Å². The Morgan fingerprint density at radius 3 is 2.32 bits per heavy atom. The monoisotopic (exact) mass is 423 g/mol. The van der Waals surface area contributed by atoms with Gasteiger partial charge in [-0.15, -0.1) is 0 Å². The molecule has 1 aliphatic rings. The summed E-state index contributed by atoms with van der Waals surface area (Å²) < 4.78 is 5.68. The summed E-state index contributed by atoms with van der Waals surface area (Å²) in [5.74, 6) is 0.498. The van der Waals surface area contributed by atoms with E-state index < -0.39 is 0 Å². The molecule has 0 aliphatic carbocycles. The molecule has 31 heavy (non-hydrogen) atoms. The van der Waals surface area contributed by atoms with Crippen molar-refractivity contribution in [2.75, 3.05) is 25.0 Å². The Kier molecular flexibility index (Phi) is 8.33. The minimum atomic E-state index is -0.113. The molecule has 6 heteroatoms. The van der Waals surface area contributed by atoms with Crippen LogP contribution in [0.1, 0.15) is 49.9 Å². The predicted molar refractivity (Wildman–Crippen MR) is 123 cm³/mol. The maximum Gasteiger partial charge on any atom is 0.260 e. The number of piperidine rings is 1. The highest BCUT2D eigenvalue weighted by Gasteiger charge is 2.28. The summed E-state index contributed by atoms with van der Waals surface area (Å²) in [5.41, 5.74) is 1.65. The molecular weight excluding hydrogens is 390 g/mol. The summed E-state index contributed by atoms with van der Waals surface area (Å²) in [6.07, 6.45) is 4.09. The molecule has 2 atom stereocenters. The zero-order valence-corrected chi connectivity index (χ0v) is 18.5. The number of nitrogens with one attached hydrogen (secondary N) is 2. The average molecular weight is 424 g/mol. The minimum Gasteiger partial charge on any atom is -0.484 e. The van der Waals surface area contributed by atoms with Gasteiger partial charge in [0, 0.05) is 36.4 Å². The van der Waals surface area contributed by atoms with Crippen LogP contribution in [0.2, 0.25) is 0 Å². The van der Waals surface area contributed by atoms with Gasteiger partial charge >= 0.3 is 0 Å². The van der Waals surface area contributed by atoms with Crippen LogP contribution in [0.4, 0.5) is 5.69 Å². The van der Waals surface area contributed by atoms with E-state index in [1.54, 1.807) is 24.3 Å². The summed E-state index contributed by atoms with van der Waals surface area (Å²) in [5, 5.41) is 6.25. The zero-order valence-electron chi connectivity index (χ0n) is 18.5. The highest BCUT2D eigenvalue weighted by molar-refractivity contribution is 5.94. The number of nitrogens with zero attached hydrogens (tertiary/aromatic N) is 1. The number of benzene rings is 2. The number of rotatable bonds is 9. The third-order valence-electron chi connectivity index (χ3n) is 5.70. The van der Waals surface area contributed by atoms with Crippen LogP contribution < -0.4 is 15.4 Å². The number of hydrogen-bond acceptors (Lipinski definition) is 4. The fourth-order valence-electron chi connectivity index (χ4n) is 4.02. The van der Waals surface area contributed by atoms with Crippen molar-refractivity contribution in [1.29, 1.82) is 0 Å². The van der Waals surface area contributed by atoms with E-state index >= 15 is 0 Å². The van der Waals surface area contributed by atoms with E-state index in [0.29, 0.717) is 17.9 Å². The molecule has 2 N–H and O–H groups in total. The Hall–Kier alpha value is -3.02. The second-order valence-corrected chi connectivity index (χ2v) is 8.15. The topological polar surface area (TPSA) is 70.7 Å². The maximum atomic E-state index is 12.6. The Morgan fingerprint density at radius 1 is 0.968 bits per heavy atom. The summed E-state index contributed by atoms with van der Waals surface area (Å²) >= 11 is 0. The number of likely N-dealkylation sites (tertiary alicyclic amines) is 1. The molecule has 0 saturated carbocycles. The van der Waals surface area contributed by atoms with Crippen LogP contribution in [-0.2, 0) is 4.79 Å². The predicted octanol–water partition coefficient (Wildman–Crippen LogP) is 4.09. The van der Waals surface area contributed by atoms with Crippen LogP contribution >= 0.6 is 0 Å². The van der Waals surface area contributed by atoms with Gasteiger partial charge in [-0.05, 0) is 75.9 Å². The van der Waals surface area contributed by atoms with Gasteiger partial charge in [-0.3, -0.25) is 9.59 Å². The van der Waals surface area contributed by atoms with E-state index in [2.05, 4.69) is 24.5 Å². The Labute approximate surface area is 185 Å². The highest BCUT2D eigenvalue weighted by Crippen LogP contribution is 2.23. The number of carbonyl (C=O) groups is 2. The smallest absolute Gasteiger partial charge is 0.260 e. The lowest BCUT2D eigenvalue weighted by molar-refractivity contribution is -0.139. The van der Waals surface area contributed by atoms with Crippen molar-refractivity contribution in [2.24, 2.45) is 0 Å². The van der Waals surface area contributed by atoms with E-state index in [9.17, 15) is 9.59 Å². The first-order valence-corrected chi connectivity index (χ1v) is 11.2. The van der Waals surface area contributed by atoms with Gasteiger partial charge in [0.05, 0.1) is 0 Å². The molecule has 1 heterocycles. The first kappa shape index (κ1) is 22.7. The summed E-state index contributed by atoms with van der Waals surface area (Å²) in [6, 6.07) is 17.4. The van der Waals surface area contributed by atoms with Crippen LogP contribution in [0.25, 0.3) is 0 Å². The van der Waals surface area contributed by atoms with Crippen molar-refractivity contribution in [3.63, 3.8) is 0 Å². The third-order valence-corrected chi connectivity index (χ3v) is 5.70. The maximum absolute atomic E-state index is 12.6. The molecule has 6 nitrogen and oxygen atoms in total. The fourth-order valence-corrected chi connectivity index (χ4v) is 4.02. The second kappa shape index (κ2) is 11.4. The molecule has 1 saturated heterocycles. The SMILES string of the molecule is CC1CCCC(C)N1C(=O)COc1ccc(C(=O)NCCCNc2ccccc2)cc1. The highest BCUT2D eigenvalue weighted by atomic mass is 16.5. The quantitative estimate of drug-likeness (QED) is 0.596. The van der Waals surface area contributed by atoms with E-state index in [-0.39, 0.29) is 30.5 Å². The molecule has 2 aromatic carbocycles. The molecule has 3 rings (SSSR count). The first-order chi connectivity index (χ1) is 15.0. The van der Waals surface area contributed by atoms with Crippen molar-refractivity contribution in [2.45, 2.75) is 51.6 Å². The molecule has 0 spiro atoms. The number of ether oxygens (including phenoxy) is 1. The lowest BCUT2D eigenvalue weighted by Gasteiger charge is -2.38. The molecule has 0 bridgehead atoms. The summed E-state index contributed by atoms with van der Waals surface area (Å²) in [7, 11) is 0. The molecule has 1 aliphatic heterocycles. The van der Waals surface area contributed by atoms with E-state index in [4.69, 9.17) is 4.74 Å². The van der Waals surface area contributed by atoms with Gasteiger partial charge in [0.1, 0.15) is 5.75 Å². The minimum absolute atomic E-state index is 0.0191. The molecule has 166 valence electrons. The fraction of sp³-hybridized carbons (Fsp3) is 0.440. The van der Waals surface area contributed by atoms with Crippen molar-refractivity contribution in [3.05, 3.63) is 60.2 Å². The van der Waals surface area contributed by atoms with Crippen LogP contribution in [0.15, 0.2) is 54.6 Å². The Balaban J connectivity index is 1.38. The Morgan fingerprint density at radius 2 is 1.65 bits per heavy atom. The van der Waals surface area contributed by atoms with Gasteiger partial charge in [0.25, 0.3) is 11.8 Å². The number of amides is 2. The number of carbonyl (C=O) groups excluding carboxylic acids is 2. The van der Waals surface area contributed by atoms with Crippen molar-refractivity contribution in [3.8, 4) is 5.75 Å². The van der Waals surface area contributed by atoms with E-state index in [1.807, 2.05) is 35.2 Å². The zero-order chi connectivity index (χ0) is 22.1. The van der Waals surface area contributed by atoms with Gasteiger partial charge in [-0.1, -0.05) is 18.2 Å². The summed E-state index contributed by atoms with van der Waals surface area (Å²) in [4.78, 5) is 26.8. The van der Waals surface area contributed by atoms with Crippen LogP contribution in [0.3, 0.4) is 0 Å². The largest absolute Gasteiger partial charge is 0.484 e. The lowest BCUT2D eigenvalue weighted by atomic mass is 9.97. The molecule has 2 amide bonds. The molecule has 0 radical (unpaired) electrons. The lowest BCUT2D eigenvalue weighted by Crippen LogP contribution is -2.49. The van der Waals surface area contributed by atoms with Gasteiger partial charge in [0.2, 0.25) is 0 Å². The number of anilines is 1. The average Bonchev–Trinajstić information content (AvgIpc) is 2.78. The van der Waals surface area contributed by atoms with Gasteiger partial charge in [-0.2, -0.15) is 0 Å². The van der Waals surface area contributed by atoms with Crippen LogP contribution in [-0.4, -0.2) is 48.5 Å². The molecule has 1 fully saturated rings. The number of para-hydroxylation sites is 1. The molecule has 2 aromatic rings. The molecule has 2 unspecified atom stereocenters. The van der Waals surface area contributed by atoms with Crippen molar-refractivity contribution >= 4 is 17.5 Å². The number of hydrogen-bond donors (Lipinski definition) is 2. The van der Waals surface area contributed by atoms with Crippen LogP contribution in [0.5, 0.6) is 5.75 Å². The first-order valence-electron chi connectivity index (χ1n) is 11.2. The van der Waals surface area contributed by atoms with E-state index in [1.165, 1.54) is 6.42 Å². The van der Waals surface area contributed by atoms with Gasteiger partial charge in [0.15, 0.2) is 6.61 Å². The second-order valence-electron chi connectivity index (χ2n) is 8.15. The van der Waals surface area contributed by atoms with Crippen LogP contribution in [0, 0.1) is 0 Å². The van der Waals surface area contributed by atoms with Gasteiger partial charge in [-0.25, -0.2) is 0 Å². The standard InChI is InChI=1S/C25H33N3O3/c1-19-8-6-9-20(2)28(19)24(29)18-31-23-14-12-21(13-15-23)25(30)27-17-7-16-26-22-10-4-3-5-11-22/h3-5,10-15,19-20,26H,6-9,16-18H2,1-2H3,(H,27,30). The van der Waals surface area contributed by atoms with E-state index in [0.717, 1.165) is 31.5 Å². The molecule has 0 aromatic heterocycles.